The third-order valence-corrected chi connectivity index (χ3v) is 5.64. The van der Waals surface area contributed by atoms with Gasteiger partial charge in [-0.1, -0.05) is 29.8 Å². The van der Waals surface area contributed by atoms with E-state index in [-0.39, 0.29) is 40.8 Å². The molecule has 1 fully saturated rings. The van der Waals surface area contributed by atoms with Gasteiger partial charge in [0.25, 0.3) is 11.1 Å². The Bertz CT molecular complexity index is 1080. The van der Waals surface area contributed by atoms with Crippen molar-refractivity contribution in [2.24, 2.45) is 0 Å². The van der Waals surface area contributed by atoms with Crippen LogP contribution in [0.1, 0.15) is 16.7 Å². The van der Waals surface area contributed by atoms with Crippen molar-refractivity contribution in [3.05, 3.63) is 63.0 Å². The van der Waals surface area contributed by atoms with Crippen LogP contribution in [0.4, 0.5) is 4.79 Å². The summed E-state index contributed by atoms with van der Waals surface area (Å²) in [7, 11) is 2.98. The Morgan fingerprint density at radius 2 is 2.00 bits per heavy atom. The van der Waals surface area contributed by atoms with Crippen LogP contribution >= 0.6 is 23.4 Å². The SMILES string of the molecule is COCCN1C(=O)S/C(=C/c2cc(Cl)c(OCc3ccccc3C#N)c(OC)c2)C1=O. The first-order valence-electron chi connectivity index (χ1n) is 9.21. The van der Waals surface area contributed by atoms with Crippen LogP contribution in [0.2, 0.25) is 5.02 Å². The lowest BCUT2D eigenvalue weighted by Crippen LogP contribution is -2.31. The number of nitriles is 1. The average molecular weight is 459 g/mol. The fraction of sp³-hybridized carbons (Fsp3) is 0.227. The Labute approximate surface area is 189 Å². The molecule has 0 saturated carbocycles. The number of halogens is 1. The van der Waals surface area contributed by atoms with E-state index >= 15 is 0 Å². The molecule has 9 heteroatoms. The standard InChI is InChI=1S/C22H19ClN2O5S/c1-28-8-7-25-21(26)19(31-22(25)27)11-14-9-17(23)20(18(10-14)29-2)30-13-16-6-4-3-5-15(16)12-24/h3-6,9-11H,7-8,13H2,1-2H3/b19-11+. The van der Waals surface area contributed by atoms with Gasteiger partial charge in [0.15, 0.2) is 11.5 Å². The van der Waals surface area contributed by atoms with Crippen LogP contribution in [0.25, 0.3) is 6.08 Å². The summed E-state index contributed by atoms with van der Waals surface area (Å²) in [5, 5.41) is 9.15. The molecule has 0 unspecified atom stereocenters. The summed E-state index contributed by atoms with van der Waals surface area (Å²) in [6.45, 7) is 0.600. The highest BCUT2D eigenvalue weighted by molar-refractivity contribution is 8.18. The molecule has 3 rings (SSSR count). The molecule has 1 aliphatic rings. The van der Waals surface area contributed by atoms with Crippen molar-refractivity contribution in [1.82, 2.24) is 4.90 Å². The first-order chi connectivity index (χ1) is 15.0. The van der Waals surface area contributed by atoms with Gasteiger partial charge in [0.2, 0.25) is 0 Å². The molecular weight excluding hydrogens is 440 g/mol. The smallest absolute Gasteiger partial charge is 0.293 e. The third kappa shape index (κ3) is 5.20. The first kappa shape index (κ1) is 22.7. The van der Waals surface area contributed by atoms with E-state index in [1.165, 1.54) is 14.2 Å². The van der Waals surface area contributed by atoms with Crippen molar-refractivity contribution in [3.63, 3.8) is 0 Å². The lowest BCUT2D eigenvalue weighted by atomic mass is 10.1. The molecule has 1 heterocycles. The third-order valence-electron chi connectivity index (χ3n) is 4.45. The molecule has 1 aliphatic heterocycles. The molecule has 0 aliphatic carbocycles. The van der Waals surface area contributed by atoms with E-state index in [9.17, 15) is 14.9 Å². The molecule has 0 N–H and O–H groups in total. The summed E-state index contributed by atoms with van der Waals surface area (Å²) >= 11 is 7.28. The zero-order valence-corrected chi connectivity index (χ0v) is 18.5. The number of nitrogens with zero attached hydrogens (tertiary/aromatic N) is 2. The molecule has 0 radical (unpaired) electrons. The van der Waals surface area contributed by atoms with E-state index in [2.05, 4.69) is 6.07 Å². The second-order valence-corrected chi connectivity index (χ2v) is 7.82. The highest BCUT2D eigenvalue weighted by atomic mass is 35.5. The second-order valence-electron chi connectivity index (χ2n) is 6.42. The van der Waals surface area contributed by atoms with Gasteiger partial charge in [-0.2, -0.15) is 5.26 Å². The van der Waals surface area contributed by atoms with Crippen molar-refractivity contribution in [1.29, 1.82) is 5.26 Å². The van der Waals surface area contributed by atoms with Crippen molar-refractivity contribution in [3.8, 4) is 17.6 Å². The van der Waals surface area contributed by atoms with Crippen LogP contribution in [0.3, 0.4) is 0 Å². The Kier molecular flexibility index (Phi) is 7.58. The molecule has 2 amide bonds. The second kappa shape index (κ2) is 10.4. The Morgan fingerprint density at radius 1 is 1.23 bits per heavy atom. The van der Waals surface area contributed by atoms with E-state index in [0.29, 0.717) is 22.6 Å². The van der Waals surface area contributed by atoms with Crippen molar-refractivity contribution in [2.75, 3.05) is 27.4 Å². The molecule has 0 spiro atoms. The quantitative estimate of drug-likeness (QED) is 0.538. The zero-order chi connectivity index (χ0) is 22.4. The topological polar surface area (TPSA) is 88.9 Å². The maximum atomic E-state index is 12.5. The summed E-state index contributed by atoms with van der Waals surface area (Å²) in [5.74, 6) is 0.310. The van der Waals surface area contributed by atoms with Gasteiger partial charge in [-0.15, -0.1) is 0 Å². The van der Waals surface area contributed by atoms with Crippen molar-refractivity contribution in [2.45, 2.75) is 6.61 Å². The number of hydrogen-bond acceptors (Lipinski definition) is 7. The van der Waals surface area contributed by atoms with Gasteiger partial charge >= 0.3 is 0 Å². The minimum Gasteiger partial charge on any atom is -0.493 e. The monoisotopic (exact) mass is 458 g/mol. The van der Waals surface area contributed by atoms with Gasteiger partial charge in [-0.3, -0.25) is 14.5 Å². The molecule has 2 aromatic rings. The predicted octanol–water partition coefficient (Wildman–Crippen LogP) is 4.48. The maximum Gasteiger partial charge on any atom is 0.293 e. The predicted molar refractivity (Wildman–Crippen MR) is 118 cm³/mol. The molecule has 7 nitrogen and oxygen atoms in total. The summed E-state index contributed by atoms with van der Waals surface area (Å²) in [6, 6.07) is 12.5. The number of carbonyl (C=O) groups excluding carboxylic acids is 2. The van der Waals surface area contributed by atoms with Crippen LogP contribution in [-0.4, -0.2) is 43.4 Å². The molecule has 0 atom stereocenters. The number of carbonyl (C=O) groups is 2. The number of amides is 2. The van der Waals surface area contributed by atoms with E-state index in [1.54, 1.807) is 36.4 Å². The Hall–Kier alpha value is -2.99. The largest absolute Gasteiger partial charge is 0.493 e. The van der Waals surface area contributed by atoms with E-state index in [0.717, 1.165) is 22.2 Å². The average Bonchev–Trinajstić information content (AvgIpc) is 3.03. The molecule has 0 aromatic heterocycles. The van der Waals surface area contributed by atoms with Gasteiger partial charge in [-0.05, 0) is 41.6 Å². The summed E-state index contributed by atoms with van der Waals surface area (Å²) in [6.07, 6.45) is 1.58. The number of ether oxygens (including phenoxy) is 3. The van der Waals surface area contributed by atoms with Crippen LogP contribution in [0.5, 0.6) is 11.5 Å². The first-order valence-corrected chi connectivity index (χ1v) is 10.4. The van der Waals surface area contributed by atoms with Gasteiger partial charge in [-0.25, -0.2) is 0 Å². The number of imide groups is 1. The molecule has 2 aromatic carbocycles. The minimum atomic E-state index is -0.379. The Morgan fingerprint density at radius 3 is 2.71 bits per heavy atom. The van der Waals surface area contributed by atoms with Crippen LogP contribution < -0.4 is 9.47 Å². The van der Waals surface area contributed by atoms with Crippen LogP contribution in [0, 0.1) is 11.3 Å². The molecular formula is C22H19ClN2O5S. The molecule has 160 valence electrons. The van der Waals surface area contributed by atoms with Crippen molar-refractivity contribution >= 4 is 40.6 Å². The van der Waals surface area contributed by atoms with E-state index in [1.807, 2.05) is 6.07 Å². The fourth-order valence-corrected chi connectivity index (χ4v) is 4.03. The normalized spacial score (nSPS) is 14.8. The van der Waals surface area contributed by atoms with E-state index in [4.69, 9.17) is 25.8 Å². The number of thioether (sulfide) groups is 1. The molecule has 31 heavy (non-hydrogen) atoms. The van der Waals surface area contributed by atoms with Gasteiger partial charge in [0.05, 0.1) is 41.8 Å². The summed E-state index contributed by atoms with van der Waals surface area (Å²) in [5.41, 5.74) is 1.82. The Balaban J connectivity index is 1.83. The van der Waals surface area contributed by atoms with Gasteiger partial charge < -0.3 is 14.2 Å². The highest BCUT2D eigenvalue weighted by Gasteiger charge is 2.34. The van der Waals surface area contributed by atoms with Crippen LogP contribution in [-0.2, 0) is 16.1 Å². The van der Waals surface area contributed by atoms with Gasteiger partial charge in [0.1, 0.15) is 6.61 Å². The number of rotatable bonds is 8. The number of benzene rings is 2. The summed E-state index contributed by atoms with van der Waals surface area (Å²) in [4.78, 5) is 26.0. The molecule has 1 saturated heterocycles. The van der Waals surface area contributed by atoms with E-state index < -0.39 is 0 Å². The lowest BCUT2D eigenvalue weighted by molar-refractivity contribution is -0.123. The highest BCUT2D eigenvalue weighted by Crippen LogP contribution is 2.39. The fourth-order valence-electron chi connectivity index (χ4n) is 2.90. The van der Waals surface area contributed by atoms with Gasteiger partial charge in [0, 0.05) is 12.7 Å². The number of hydrogen-bond donors (Lipinski definition) is 0. The van der Waals surface area contributed by atoms with Crippen LogP contribution in [0.15, 0.2) is 41.3 Å². The zero-order valence-electron chi connectivity index (χ0n) is 16.9. The van der Waals surface area contributed by atoms with Crippen molar-refractivity contribution < 1.29 is 23.8 Å². The summed E-state index contributed by atoms with van der Waals surface area (Å²) < 4.78 is 16.2. The lowest BCUT2D eigenvalue weighted by Gasteiger charge is -2.14. The number of methoxy groups -OCH3 is 2. The maximum absolute atomic E-state index is 12.5. The minimum absolute atomic E-state index is 0.136. The molecule has 0 bridgehead atoms.